The van der Waals surface area contributed by atoms with Gasteiger partial charge in [-0.2, -0.15) is 0 Å². The molecule has 0 aliphatic rings. The molecule has 0 fully saturated rings. The molecule has 2 aromatic heterocycles. The van der Waals surface area contributed by atoms with Crippen LogP contribution in [0.25, 0.3) is 10.9 Å². The van der Waals surface area contributed by atoms with Gasteiger partial charge in [0.2, 0.25) is 0 Å². The molecule has 0 bridgehead atoms. The van der Waals surface area contributed by atoms with Gasteiger partial charge in [-0.05, 0) is 79.6 Å². The van der Waals surface area contributed by atoms with E-state index in [2.05, 4.69) is 90.4 Å². The summed E-state index contributed by atoms with van der Waals surface area (Å²) in [6.07, 6.45) is 3.68. The van der Waals surface area contributed by atoms with Crippen LogP contribution in [0.3, 0.4) is 0 Å². The summed E-state index contributed by atoms with van der Waals surface area (Å²) in [5, 5.41) is 14.1. The highest BCUT2D eigenvalue weighted by Crippen LogP contribution is 2.30. The molecule has 7 nitrogen and oxygen atoms in total. The SMILES string of the molecule is CCC[C@@H](c1nnnn1C(C)(C)CC)N(CCc1ccccc1)Cc1cc2cc(C)ccc2[nH]c1=O. The van der Waals surface area contributed by atoms with Gasteiger partial charge >= 0.3 is 0 Å². The summed E-state index contributed by atoms with van der Waals surface area (Å²) in [5.74, 6) is 0.866. The molecule has 0 saturated heterocycles. The van der Waals surface area contributed by atoms with Gasteiger partial charge < -0.3 is 4.98 Å². The fourth-order valence-corrected chi connectivity index (χ4v) is 4.70. The predicted octanol–water partition coefficient (Wildman–Crippen LogP) is 5.55. The monoisotopic (exact) mass is 486 g/mol. The van der Waals surface area contributed by atoms with Crippen molar-refractivity contribution in [3.8, 4) is 0 Å². The Morgan fingerprint density at radius 3 is 2.58 bits per heavy atom. The lowest BCUT2D eigenvalue weighted by Gasteiger charge is -2.33. The molecule has 0 amide bonds. The van der Waals surface area contributed by atoms with Crippen molar-refractivity contribution in [2.75, 3.05) is 6.54 Å². The number of H-pyrrole nitrogens is 1. The zero-order valence-electron chi connectivity index (χ0n) is 22.2. The third kappa shape index (κ3) is 5.73. The highest BCUT2D eigenvalue weighted by molar-refractivity contribution is 5.79. The van der Waals surface area contributed by atoms with Crippen molar-refractivity contribution in [2.24, 2.45) is 0 Å². The molecule has 2 heterocycles. The maximum atomic E-state index is 13.1. The van der Waals surface area contributed by atoms with E-state index in [1.54, 1.807) is 0 Å². The van der Waals surface area contributed by atoms with Gasteiger partial charge in [0.15, 0.2) is 5.82 Å². The number of nitrogens with zero attached hydrogens (tertiary/aromatic N) is 5. The summed E-state index contributed by atoms with van der Waals surface area (Å²) in [7, 11) is 0. The highest BCUT2D eigenvalue weighted by Gasteiger charge is 2.31. The van der Waals surface area contributed by atoms with Crippen LogP contribution in [0.15, 0.2) is 59.4 Å². The van der Waals surface area contributed by atoms with Crippen LogP contribution in [-0.4, -0.2) is 36.6 Å². The summed E-state index contributed by atoms with van der Waals surface area (Å²) in [5.41, 5.74) is 3.83. The molecule has 0 saturated carbocycles. The van der Waals surface area contributed by atoms with E-state index in [-0.39, 0.29) is 17.1 Å². The molecule has 1 N–H and O–H groups in total. The molecular formula is C29H38N6O. The van der Waals surface area contributed by atoms with Gasteiger partial charge in [-0.1, -0.05) is 62.2 Å². The molecule has 0 unspecified atom stereocenters. The molecule has 7 heteroatoms. The molecule has 0 aliphatic heterocycles. The first-order valence-electron chi connectivity index (χ1n) is 13.0. The Kier molecular flexibility index (Phi) is 7.99. The lowest BCUT2D eigenvalue weighted by Crippen LogP contribution is -2.37. The molecule has 4 aromatic rings. The average Bonchev–Trinajstić information content (AvgIpc) is 3.37. The van der Waals surface area contributed by atoms with Crippen molar-refractivity contribution < 1.29 is 0 Å². The van der Waals surface area contributed by atoms with E-state index in [1.807, 2.05) is 28.9 Å². The summed E-state index contributed by atoms with van der Waals surface area (Å²) in [6, 6.07) is 18.7. The number of benzene rings is 2. The number of aromatic amines is 1. The lowest BCUT2D eigenvalue weighted by atomic mass is 10.00. The molecule has 36 heavy (non-hydrogen) atoms. The van der Waals surface area contributed by atoms with Crippen LogP contribution in [0, 0.1) is 6.92 Å². The van der Waals surface area contributed by atoms with E-state index in [1.165, 1.54) is 11.1 Å². The lowest BCUT2D eigenvalue weighted by molar-refractivity contribution is 0.155. The Morgan fingerprint density at radius 1 is 1.08 bits per heavy atom. The maximum Gasteiger partial charge on any atom is 0.252 e. The minimum Gasteiger partial charge on any atom is -0.322 e. The molecule has 1 atom stereocenters. The Hall–Kier alpha value is -3.32. The van der Waals surface area contributed by atoms with Gasteiger partial charge in [0, 0.05) is 24.2 Å². The van der Waals surface area contributed by atoms with Crippen molar-refractivity contribution in [1.29, 1.82) is 0 Å². The molecule has 190 valence electrons. The van der Waals surface area contributed by atoms with E-state index in [4.69, 9.17) is 0 Å². The van der Waals surface area contributed by atoms with Gasteiger partial charge in [0.25, 0.3) is 5.56 Å². The van der Waals surface area contributed by atoms with E-state index in [0.717, 1.165) is 54.5 Å². The maximum absolute atomic E-state index is 13.1. The van der Waals surface area contributed by atoms with Crippen molar-refractivity contribution in [3.05, 3.63) is 87.5 Å². The smallest absolute Gasteiger partial charge is 0.252 e. The first-order chi connectivity index (χ1) is 17.3. The molecular weight excluding hydrogens is 448 g/mol. The first kappa shape index (κ1) is 25.8. The standard InChI is InChI=1S/C29H38N6O/c1-6-11-26(27-31-32-33-35(27)29(4,5)7-2)34(17-16-22-12-9-8-10-13-22)20-24-19-23-18-21(3)14-15-25(23)30-28(24)36/h8-10,12-15,18-19,26H,6-7,11,16-17,20H2,1-5H3,(H,30,36)/t26-/m0/s1. The van der Waals surface area contributed by atoms with E-state index >= 15 is 0 Å². The zero-order chi connectivity index (χ0) is 25.7. The van der Waals surface area contributed by atoms with E-state index < -0.39 is 0 Å². The van der Waals surface area contributed by atoms with Gasteiger partial charge in [0.1, 0.15) is 0 Å². The molecule has 2 aromatic carbocycles. The predicted molar refractivity (Wildman–Crippen MR) is 145 cm³/mol. The van der Waals surface area contributed by atoms with E-state index in [9.17, 15) is 4.79 Å². The Morgan fingerprint density at radius 2 is 1.86 bits per heavy atom. The van der Waals surface area contributed by atoms with Gasteiger partial charge in [-0.3, -0.25) is 9.69 Å². The van der Waals surface area contributed by atoms with Crippen LogP contribution < -0.4 is 5.56 Å². The van der Waals surface area contributed by atoms with Gasteiger partial charge in [-0.25, -0.2) is 4.68 Å². The number of rotatable bonds is 11. The second-order valence-corrected chi connectivity index (χ2v) is 10.3. The fraction of sp³-hybridized carbons (Fsp3) is 0.448. The van der Waals surface area contributed by atoms with Crippen molar-refractivity contribution >= 4 is 10.9 Å². The number of hydrogen-bond donors (Lipinski definition) is 1. The molecule has 0 spiro atoms. The third-order valence-electron chi connectivity index (χ3n) is 7.21. The molecule has 0 radical (unpaired) electrons. The number of aromatic nitrogens is 5. The van der Waals surface area contributed by atoms with Crippen LogP contribution >= 0.6 is 0 Å². The van der Waals surface area contributed by atoms with Crippen LogP contribution in [0.2, 0.25) is 0 Å². The molecule has 0 aliphatic carbocycles. The summed E-state index contributed by atoms with van der Waals surface area (Å²) >= 11 is 0. The average molecular weight is 487 g/mol. The number of tetrazole rings is 1. The first-order valence-corrected chi connectivity index (χ1v) is 13.0. The highest BCUT2D eigenvalue weighted by atomic mass is 16.1. The second-order valence-electron chi connectivity index (χ2n) is 10.3. The fourth-order valence-electron chi connectivity index (χ4n) is 4.70. The van der Waals surface area contributed by atoms with Crippen LogP contribution in [0.4, 0.5) is 0 Å². The topological polar surface area (TPSA) is 79.7 Å². The summed E-state index contributed by atoms with van der Waals surface area (Å²) in [4.78, 5) is 18.6. The summed E-state index contributed by atoms with van der Waals surface area (Å²) < 4.78 is 1.98. The Balaban J connectivity index is 1.74. The van der Waals surface area contributed by atoms with Gasteiger partial charge in [-0.15, -0.1) is 5.10 Å². The number of nitrogens with one attached hydrogen (secondary N) is 1. The van der Waals surface area contributed by atoms with Crippen molar-refractivity contribution in [3.63, 3.8) is 0 Å². The zero-order valence-corrected chi connectivity index (χ0v) is 22.2. The number of pyridine rings is 1. The minimum absolute atomic E-state index is 0.00727. The van der Waals surface area contributed by atoms with Crippen molar-refractivity contribution in [1.82, 2.24) is 30.1 Å². The van der Waals surface area contributed by atoms with Crippen molar-refractivity contribution in [2.45, 2.75) is 78.4 Å². The molecule has 4 rings (SSSR count). The summed E-state index contributed by atoms with van der Waals surface area (Å²) in [6.45, 7) is 12.1. The Bertz CT molecular complexity index is 1340. The number of fused-ring (bicyclic) bond motifs is 1. The van der Waals surface area contributed by atoms with Crippen LogP contribution in [0.5, 0.6) is 0 Å². The van der Waals surface area contributed by atoms with Crippen LogP contribution in [0.1, 0.15) is 75.5 Å². The van der Waals surface area contributed by atoms with Gasteiger partial charge in [0.05, 0.1) is 11.6 Å². The second kappa shape index (κ2) is 11.2. The van der Waals surface area contributed by atoms with Crippen LogP contribution in [-0.2, 0) is 18.5 Å². The quantitative estimate of drug-likeness (QED) is 0.300. The third-order valence-corrected chi connectivity index (χ3v) is 7.21. The van der Waals surface area contributed by atoms with E-state index in [0.29, 0.717) is 6.54 Å². The number of aryl methyl sites for hydroxylation is 1. The number of hydrogen-bond acceptors (Lipinski definition) is 5. The minimum atomic E-state index is -0.201. The Labute approximate surface area is 213 Å². The normalized spacial score (nSPS) is 12.9. The largest absolute Gasteiger partial charge is 0.322 e.